The van der Waals surface area contributed by atoms with E-state index in [1.807, 2.05) is 55.1 Å². The summed E-state index contributed by atoms with van der Waals surface area (Å²) >= 11 is 0. The molecule has 38 heavy (non-hydrogen) atoms. The number of halogens is 1. The highest BCUT2D eigenvalue weighted by Gasteiger charge is 2.35. The highest BCUT2D eigenvalue weighted by Crippen LogP contribution is 2.49. The number of nitrogens with zero attached hydrogens (tertiary/aromatic N) is 1. The van der Waals surface area contributed by atoms with Crippen molar-refractivity contribution in [3.05, 3.63) is 88.9 Å². The fourth-order valence-corrected chi connectivity index (χ4v) is 6.42. The molecule has 7 rings (SSSR count). The molecule has 0 amide bonds. The lowest BCUT2D eigenvalue weighted by Crippen LogP contribution is -2.30. The summed E-state index contributed by atoms with van der Waals surface area (Å²) in [6, 6.07) is 16.5. The minimum absolute atomic E-state index is 0.125. The monoisotopic (exact) mass is 509 g/mol. The molecule has 0 N–H and O–H groups in total. The molecule has 1 fully saturated rings. The van der Waals surface area contributed by atoms with E-state index >= 15 is 4.39 Å². The van der Waals surface area contributed by atoms with Crippen LogP contribution in [0.2, 0.25) is 0 Å². The molecule has 2 aliphatic rings. The summed E-state index contributed by atoms with van der Waals surface area (Å²) in [6.45, 7) is 5.21. The second kappa shape index (κ2) is 8.53. The van der Waals surface area contributed by atoms with Gasteiger partial charge in [0.15, 0.2) is 6.20 Å². The van der Waals surface area contributed by atoms with Gasteiger partial charge < -0.3 is 4.42 Å². The third-order valence-corrected chi connectivity index (χ3v) is 8.22. The highest BCUT2D eigenvalue weighted by molar-refractivity contribution is 6.13. The molecule has 1 saturated carbocycles. The Morgan fingerprint density at radius 2 is 1.63 bits per heavy atom. The highest BCUT2D eigenvalue weighted by atomic mass is 19.1. The van der Waals surface area contributed by atoms with Crippen molar-refractivity contribution in [1.29, 1.82) is 0 Å². The predicted octanol–water partition coefficient (Wildman–Crippen LogP) is 8.97. The van der Waals surface area contributed by atoms with E-state index < -0.39 is 29.9 Å². The Morgan fingerprint density at radius 1 is 0.921 bits per heavy atom. The zero-order valence-corrected chi connectivity index (χ0v) is 22.3. The van der Waals surface area contributed by atoms with Gasteiger partial charge in [0.2, 0.25) is 5.69 Å². The van der Waals surface area contributed by atoms with Crippen molar-refractivity contribution in [2.24, 2.45) is 12.5 Å². The third kappa shape index (κ3) is 3.55. The molecule has 0 radical (unpaired) electrons. The van der Waals surface area contributed by atoms with E-state index in [-0.39, 0.29) is 22.3 Å². The molecule has 3 aromatic carbocycles. The normalized spacial score (nSPS) is 22.5. The van der Waals surface area contributed by atoms with Crippen LogP contribution in [0.15, 0.2) is 65.2 Å². The SMILES string of the molecule is [2H]C1(c2ccc(-c3c(F)ccc4c3oc3c(-c5cccc[n+]5C)c(C)ccc34)c3c2C([2H])([2H])C(C)(C)C3([2H])[2H])CCCC1. The molecule has 2 aliphatic carbocycles. The number of furan rings is 1. The van der Waals surface area contributed by atoms with Gasteiger partial charge in [0.05, 0.1) is 11.1 Å². The topological polar surface area (TPSA) is 17.0 Å². The molecule has 2 aromatic heterocycles. The van der Waals surface area contributed by atoms with Gasteiger partial charge in [-0.05, 0) is 89.8 Å². The second-order valence-electron chi connectivity index (χ2n) is 11.3. The van der Waals surface area contributed by atoms with Crippen molar-refractivity contribution < 1.29 is 20.2 Å². The average Bonchev–Trinajstić information content (AvgIpc) is 3.59. The predicted molar refractivity (Wildman–Crippen MR) is 153 cm³/mol. The van der Waals surface area contributed by atoms with E-state index in [0.717, 1.165) is 35.0 Å². The Bertz CT molecular complexity index is 1970. The molecular weight excluding hydrogens is 469 g/mol. The van der Waals surface area contributed by atoms with Crippen molar-refractivity contribution >= 4 is 21.9 Å². The maximum absolute atomic E-state index is 16.2. The van der Waals surface area contributed by atoms with Crippen LogP contribution in [0.4, 0.5) is 4.39 Å². The van der Waals surface area contributed by atoms with Gasteiger partial charge in [-0.15, -0.1) is 0 Å². The van der Waals surface area contributed by atoms with E-state index in [0.29, 0.717) is 35.0 Å². The molecule has 0 saturated heterocycles. The van der Waals surface area contributed by atoms with E-state index in [4.69, 9.17) is 4.42 Å². The van der Waals surface area contributed by atoms with Crippen LogP contribution < -0.4 is 4.57 Å². The van der Waals surface area contributed by atoms with Crippen LogP contribution in [-0.2, 0) is 19.8 Å². The van der Waals surface area contributed by atoms with E-state index in [9.17, 15) is 6.85 Å². The van der Waals surface area contributed by atoms with Crippen LogP contribution in [0.3, 0.4) is 0 Å². The van der Waals surface area contributed by atoms with Gasteiger partial charge in [0, 0.05) is 29.8 Å². The molecule has 0 atom stereocenters. The standard InChI is InChI=1S/C35H35FNO/c1-21-12-13-25-26-16-17-29(36)32(34(26)38-33(25)31(21)30-11-7-8-18-37(30)4)24-15-14-23(22-9-5-6-10-22)27-19-35(2,3)20-28(24)27/h7-8,11-18,22H,5-6,9-10,19-20H2,1-4H3/q+1/i19D2,20D2,22D. The van der Waals surface area contributed by atoms with Gasteiger partial charge in [-0.25, -0.2) is 8.96 Å². The fourth-order valence-electron chi connectivity index (χ4n) is 6.42. The lowest BCUT2D eigenvalue weighted by molar-refractivity contribution is -0.660. The summed E-state index contributed by atoms with van der Waals surface area (Å²) in [7, 11) is 1.97. The zero-order valence-electron chi connectivity index (χ0n) is 27.3. The average molecular weight is 510 g/mol. The van der Waals surface area contributed by atoms with E-state index in [2.05, 4.69) is 0 Å². The van der Waals surface area contributed by atoms with Gasteiger partial charge in [0.1, 0.15) is 24.0 Å². The van der Waals surface area contributed by atoms with Crippen molar-refractivity contribution in [2.75, 3.05) is 0 Å². The first-order valence-corrected chi connectivity index (χ1v) is 13.5. The number of hydrogen-bond donors (Lipinski definition) is 0. The van der Waals surface area contributed by atoms with Crippen LogP contribution in [0.25, 0.3) is 44.3 Å². The largest absolute Gasteiger partial charge is 0.454 e. The van der Waals surface area contributed by atoms with Crippen molar-refractivity contribution in [2.45, 2.75) is 65.1 Å². The number of pyridine rings is 1. The molecule has 2 nitrogen and oxygen atoms in total. The summed E-state index contributed by atoms with van der Waals surface area (Å²) in [5.41, 5.74) is 3.57. The fraction of sp³-hybridized carbons (Fsp3) is 0.343. The first-order chi connectivity index (χ1) is 20.2. The first-order valence-electron chi connectivity index (χ1n) is 16.0. The van der Waals surface area contributed by atoms with Crippen LogP contribution in [0, 0.1) is 18.2 Å². The second-order valence-corrected chi connectivity index (χ2v) is 11.3. The minimum Gasteiger partial charge on any atom is -0.454 e. The molecule has 5 aromatic rings. The maximum Gasteiger partial charge on any atom is 0.216 e. The molecule has 0 unspecified atom stereocenters. The Kier molecular flexibility index (Phi) is 4.20. The lowest BCUT2D eigenvalue weighted by Gasteiger charge is -2.18. The number of rotatable bonds is 3. The first kappa shape index (κ1) is 18.7. The van der Waals surface area contributed by atoms with Crippen LogP contribution >= 0.6 is 0 Å². The molecule has 3 heteroatoms. The molecular formula is C35H35FNO+. The molecule has 0 bridgehead atoms. The number of aromatic nitrogens is 1. The summed E-state index contributed by atoms with van der Waals surface area (Å²) < 4.78 is 71.3. The van der Waals surface area contributed by atoms with Crippen LogP contribution in [0.1, 0.15) is 74.5 Å². The van der Waals surface area contributed by atoms with Crippen LogP contribution in [-0.4, -0.2) is 0 Å². The number of fused-ring (bicyclic) bond motifs is 4. The molecule has 0 aliphatic heterocycles. The summed E-state index contributed by atoms with van der Waals surface area (Å²) in [5.74, 6) is -1.57. The number of hydrogen-bond acceptors (Lipinski definition) is 1. The third-order valence-electron chi connectivity index (χ3n) is 8.22. The summed E-state index contributed by atoms with van der Waals surface area (Å²) in [5, 5.41) is 1.53. The van der Waals surface area contributed by atoms with Crippen LogP contribution in [0.5, 0.6) is 0 Å². The number of aryl methyl sites for hydroxylation is 2. The molecule has 0 spiro atoms. The summed E-state index contributed by atoms with van der Waals surface area (Å²) in [6.07, 6.45) is 0.647. The van der Waals surface area contributed by atoms with Crippen molar-refractivity contribution in [3.63, 3.8) is 0 Å². The van der Waals surface area contributed by atoms with Gasteiger partial charge >= 0.3 is 0 Å². The van der Waals surface area contributed by atoms with Crippen molar-refractivity contribution in [3.8, 4) is 22.4 Å². The lowest BCUT2D eigenvalue weighted by atomic mass is 9.86. The van der Waals surface area contributed by atoms with Gasteiger partial charge in [-0.1, -0.05) is 51.0 Å². The van der Waals surface area contributed by atoms with Gasteiger partial charge in [-0.2, -0.15) is 0 Å². The Balaban J connectivity index is 1.59. The van der Waals surface area contributed by atoms with Gasteiger partial charge in [-0.3, -0.25) is 0 Å². The smallest absolute Gasteiger partial charge is 0.216 e. The maximum atomic E-state index is 16.2. The van der Waals surface area contributed by atoms with Gasteiger partial charge in [0.25, 0.3) is 0 Å². The van der Waals surface area contributed by atoms with E-state index in [1.54, 1.807) is 32.0 Å². The summed E-state index contributed by atoms with van der Waals surface area (Å²) in [4.78, 5) is 0. The minimum atomic E-state index is -2.15. The van der Waals surface area contributed by atoms with Crippen molar-refractivity contribution in [1.82, 2.24) is 0 Å². The quantitative estimate of drug-likeness (QED) is 0.222. The zero-order chi connectivity index (χ0) is 30.7. The number of benzene rings is 3. The Morgan fingerprint density at radius 3 is 2.39 bits per heavy atom. The molecule has 192 valence electrons. The Labute approximate surface area is 231 Å². The molecule has 2 heterocycles. The Hall–Kier alpha value is -3.46. The van der Waals surface area contributed by atoms with E-state index in [1.165, 1.54) is 6.07 Å².